The van der Waals surface area contributed by atoms with Gasteiger partial charge in [-0.2, -0.15) is 0 Å². The van der Waals surface area contributed by atoms with Crippen LogP contribution >= 0.6 is 0 Å². The fourth-order valence-corrected chi connectivity index (χ4v) is 5.81. The summed E-state index contributed by atoms with van der Waals surface area (Å²) in [4.78, 5) is 28.4. The van der Waals surface area contributed by atoms with Gasteiger partial charge in [-0.3, -0.25) is 13.9 Å². The molecule has 11 heteroatoms. The smallest absolute Gasteiger partial charge is 0.264 e. The molecular weight excluding hydrogens is 546 g/mol. The van der Waals surface area contributed by atoms with Crippen LogP contribution in [0, 0.1) is 6.92 Å². The number of amides is 2. The molecule has 0 spiro atoms. The van der Waals surface area contributed by atoms with E-state index in [2.05, 4.69) is 5.32 Å². The molecule has 220 valence electrons. The SMILES string of the molecule is CC[C@@H](C(=O)NC)N(Cc1cccc(OC)c1)C(=O)CN(c1ccc(OC)c(OC)c1)S(=O)(=O)c1ccc(C)cc1. The number of hydrogen-bond acceptors (Lipinski definition) is 7. The van der Waals surface area contributed by atoms with E-state index < -0.39 is 28.5 Å². The van der Waals surface area contributed by atoms with Crippen molar-refractivity contribution in [3.05, 3.63) is 77.9 Å². The van der Waals surface area contributed by atoms with Crippen molar-refractivity contribution < 1.29 is 32.2 Å². The number of likely N-dealkylation sites (N-methyl/N-ethyl adjacent to an activating group) is 1. The molecule has 0 aliphatic rings. The summed E-state index contributed by atoms with van der Waals surface area (Å²) < 4.78 is 45.1. The van der Waals surface area contributed by atoms with Crippen LogP contribution in [0.15, 0.2) is 71.6 Å². The fourth-order valence-electron chi connectivity index (χ4n) is 4.40. The van der Waals surface area contributed by atoms with E-state index in [1.54, 1.807) is 56.5 Å². The Morgan fingerprint density at radius 3 is 2.17 bits per heavy atom. The highest BCUT2D eigenvalue weighted by atomic mass is 32.2. The van der Waals surface area contributed by atoms with Crippen LogP contribution in [-0.2, 0) is 26.2 Å². The maximum absolute atomic E-state index is 14.1. The maximum Gasteiger partial charge on any atom is 0.264 e. The van der Waals surface area contributed by atoms with Crippen LogP contribution in [0.25, 0.3) is 0 Å². The summed E-state index contributed by atoms with van der Waals surface area (Å²) >= 11 is 0. The van der Waals surface area contributed by atoms with Gasteiger partial charge in [-0.1, -0.05) is 36.8 Å². The van der Waals surface area contributed by atoms with Crippen LogP contribution in [0.5, 0.6) is 17.2 Å². The normalized spacial score (nSPS) is 11.8. The van der Waals surface area contributed by atoms with Crippen LogP contribution in [0.1, 0.15) is 24.5 Å². The lowest BCUT2D eigenvalue weighted by molar-refractivity contribution is -0.140. The first kappa shape index (κ1) is 31.3. The van der Waals surface area contributed by atoms with Crippen LogP contribution in [0.4, 0.5) is 5.69 Å². The molecule has 10 nitrogen and oxygen atoms in total. The predicted octanol–water partition coefficient (Wildman–Crippen LogP) is 3.77. The van der Waals surface area contributed by atoms with Gasteiger partial charge < -0.3 is 24.4 Å². The summed E-state index contributed by atoms with van der Waals surface area (Å²) in [6, 6.07) is 17.3. The highest BCUT2D eigenvalue weighted by Gasteiger charge is 2.33. The number of sulfonamides is 1. The highest BCUT2D eigenvalue weighted by molar-refractivity contribution is 7.92. The monoisotopic (exact) mass is 583 g/mol. The van der Waals surface area contributed by atoms with Gasteiger partial charge in [0.1, 0.15) is 18.3 Å². The van der Waals surface area contributed by atoms with E-state index in [0.29, 0.717) is 23.7 Å². The second-order valence-corrected chi connectivity index (χ2v) is 11.1. The van der Waals surface area contributed by atoms with E-state index in [4.69, 9.17) is 14.2 Å². The molecule has 0 heterocycles. The summed E-state index contributed by atoms with van der Waals surface area (Å²) in [7, 11) is 1.74. The molecule has 3 aromatic rings. The van der Waals surface area contributed by atoms with Gasteiger partial charge in [0.15, 0.2) is 11.5 Å². The number of methoxy groups -OCH3 is 3. The first-order valence-electron chi connectivity index (χ1n) is 13.0. The van der Waals surface area contributed by atoms with Gasteiger partial charge in [0.2, 0.25) is 11.8 Å². The Hall–Kier alpha value is -4.25. The van der Waals surface area contributed by atoms with Crippen molar-refractivity contribution in [1.82, 2.24) is 10.2 Å². The van der Waals surface area contributed by atoms with E-state index in [1.165, 1.54) is 44.4 Å². The molecule has 0 radical (unpaired) electrons. The molecule has 0 aromatic heterocycles. The van der Waals surface area contributed by atoms with E-state index in [1.807, 2.05) is 13.0 Å². The van der Waals surface area contributed by atoms with E-state index in [0.717, 1.165) is 15.4 Å². The molecule has 2 amide bonds. The Kier molecular flexibility index (Phi) is 10.6. The number of benzene rings is 3. The molecule has 0 fully saturated rings. The first-order chi connectivity index (χ1) is 19.6. The minimum Gasteiger partial charge on any atom is -0.497 e. The van der Waals surface area contributed by atoms with Crippen molar-refractivity contribution in [2.75, 3.05) is 39.2 Å². The molecule has 3 aromatic carbocycles. The van der Waals surface area contributed by atoms with Gasteiger partial charge in [-0.15, -0.1) is 0 Å². The third-order valence-corrected chi connectivity index (χ3v) is 8.45. The van der Waals surface area contributed by atoms with Crippen LogP contribution in [0.2, 0.25) is 0 Å². The molecule has 0 saturated carbocycles. The number of ether oxygens (including phenoxy) is 3. The van der Waals surface area contributed by atoms with Gasteiger partial charge in [0.25, 0.3) is 10.0 Å². The number of hydrogen-bond donors (Lipinski definition) is 1. The van der Waals surface area contributed by atoms with Gasteiger partial charge >= 0.3 is 0 Å². The Morgan fingerprint density at radius 2 is 1.59 bits per heavy atom. The highest BCUT2D eigenvalue weighted by Crippen LogP contribution is 2.34. The molecule has 0 unspecified atom stereocenters. The van der Waals surface area contributed by atoms with Crippen molar-refractivity contribution in [1.29, 1.82) is 0 Å². The van der Waals surface area contributed by atoms with E-state index in [9.17, 15) is 18.0 Å². The summed E-state index contributed by atoms with van der Waals surface area (Å²) in [6.07, 6.45) is 0.316. The topological polar surface area (TPSA) is 114 Å². The zero-order chi connectivity index (χ0) is 30.2. The summed E-state index contributed by atoms with van der Waals surface area (Å²) in [5.74, 6) is 0.375. The standard InChI is InChI=1S/C30H37N3O7S/c1-7-26(30(35)31-3)32(19-22-9-8-10-24(17-22)38-4)29(34)20-33(23-13-16-27(39-5)28(18-23)40-6)41(36,37)25-14-11-21(2)12-15-25/h8-18,26H,7,19-20H2,1-6H3,(H,31,35)/t26-/m0/s1. The van der Waals surface area contributed by atoms with Gasteiger partial charge in [0.05, 0.1) is 31.9 Å². The van der Waals surface area contributed by atoms with Crippen LogP contribution < -0.4 is 23.8 Å². The molecule has 1 N–H and O–H groups in total. The Balaban J connectivity index is 2.12. The Labute approximate surface area is 241 Å². The van der Waals surface area contributed by atoms with E-state index in [-0.39, 0.29) is 23.0 Å². The van der Waals surface area contributed by atoms with Gasteiger partial charge in [-0.25, -0.2) is 8.42 Å². The van der Waals surface area contributed by atoms with Crippen molar-refractivity contribution >= 4 is 27.5 Å². The number of rotatable bonds is 13. The third kappa shape index (κ3) is 7.29. The number of aryl methyl sites for hydroxylation is 1. The Morgan fingerprint density at radius 1 is 0.902 bits per heavy atom. The molecular formula is C30H37N3O7S. The summed E-state index contributed by atoms with van der Waals surface area (Å²) in [5.41, 5.74) is 1.81. The number of nitrogens with zero attached hydrogens (tertiary/aromatic N) is 2. The summed E-state index contributed by atoms with van der Waals surface area (Å²) in [6.45, 7) is 3.14. The zero-order valence-corrected chi connectivity index (χ0v) is 25.0. The average molecular weight is 584 g/mol. The second-order valence-electron chi connectivity index (χ2n) is 9.28. The Bertz CT molecular complexity index is 1460. The molecule has 41 heavy (non-hydrogen) atoms. The average Bonchev–Trinajstić information content (AvgIpc) is 2.99. The quantitative estimate of drug-likeness (QED) is 0.326. The molecule has 0 aliphatic heterocycles. The number of carbonyl (C=O) groups excluding carboxylic acids is 2. The largest absolute Gasteiger partial charge is 0.497 e. The van der Waals surface area contributed by atoms with Gasteiger partial charge in [-0.05, 0) is 55.3 Å². The van der Waals surface area contributed by atoms with Crippen LogP contribution in [0.3, 0.4) is 0 Å². The van der Waals surface area contributed by atoms with Crippen molar-refractivity contribution in [2.45, 2.75) is 37.8 Å². The molecule has 0 aliphatic carbocycles. The van der Waals surface area contributed by atoms with E-state index >= 15 is 0 Å². The van der Waals surface area contributed by atoms with Crippen LogP contribution in [-0.4, -0.2) is 66.1 Å². The lowest BCUT2D eigenvalue weighted by Crippen LogP contribution is -2.51. The lowest BCUT2D eigenvalue weighted by Gasteiger charge is -2.33. The third-order valence-electron chi connectivity index (χ3n) is 6.66. The summed E-state index contributed by atoms with van der Waals surface area (Å²) in [5, 5.41) is 2.61. The van der Waals surface area contributed by atoms with Crippen molar-refractivity contribution in [3.8, 4) is 17.2 Å². The van der Waals surface area contributed by atoms with Crippen molar-refractivity contribution in [3.63, 3.8) is 0 Å². The maximum atomic E-state index is 14.1. The number of carbonyl (C=O) groups is 2. The zero-order valence-electron chi connectivity index (χ0n) is 24.2. The minimum atomic E-state index is -4.22. The molecule has 1 atom stereocenters. The van der Waals surface area contributed by atoms with Crippen molar-refractivity contribution in [2.24, 2.45) is 0 Å². The lowest BCUT2D eigenvalue weighted by atomic mass is 10.1. The molecule has 0 bridgehead atoms. The fraction of sp³-hybridized carbons (Fsp3) is 0.333. The number of anilines is 1. The minimum absolute atomic E-state index is 0.0170. The molecule has 3 rings (SSSR count). The first-order valence-corrected chi connectivity index (χ1v) is 14.5. The predicted molar refractivity (Wildman–Crippen MR) is 157 cm³/mol. The number of nitrogens with one attached hydrogen (secondary N) is 1. The molecule has 0 saturated heterocycles. The second kappa shape index (κ2) is 13.9. The van der Waals surface area contributed by atoms with Gasteiger partial charge in [0, 0.05) is 19.7 Å².